The molecule has 9 heteroatoms. The van der Waals surface area contributed by atoms with E-state index in [0.717, 1.165) is 0 Å². The van der Waals surface area contributed by atoms with Crippen LogP contribution in [0.2, 0.25) is 0 Å². The fourth-order valence-corrected chi connectivity index (χ4v) is 3.53. The van der Waals surface area contributed by atoms with Gasteiger partial charge in [-0.05, 0) is 30.7 Å². The van der Waals surface area contributed by atoms with Gasteiger partial charge >= 0.3 is 17.9 Å². The summed E-state index contributed by atoms with van der Waals surface area (Å²) in [5, 5.41) is 32.1. The third-order valence-electron chi connectivity index (χ3n) is 5.25. The van der Waals surface area contributed by atoms with Gasteiger partial charge in [0.1, 0.15) is 18.3 Å². The van der Waals surface area contributed by atoms with Gasteiger partial charge in [0.2, 0.25) is 0 Å². The smallest absolute Gasteiger partial charge is 0.338 e. The molecule has 176 valence electrons. The van der Waals surface area contributed by atoms with Crippen LogP contribution in [0.1, 0.15) is 40.5 Å². The maximum Gasteiger partial charge on any atom is 0.338 e. The molecule has 3 N–H and O–H groups in total. The first-order valence-corrected chi connectivity index (χ1v) is 10.6. The van der Waals surface area contributed by atoms with Crippen LogP contribution in [-0.2, 0) is 19.0 Å². The molecule has 33 heavy (non-hydrogen) atoms. The van der Waals surface area contributed by atoms with E-state index in [1.54, 1.807) is 43.3 Å². The molecule has 1 aliphatic carbocycles. The summed E-state index contributed by atoms with van der Waals surface area (Å²) in [7, 11) is 0. The van der Waals surface area contributed by atoms with Gasteiger partial charge in [-0.3, -0.25) is 4.79 Å². The summed E-state index contributed by atoms with van der Waals surface area (Å²) in [4.78, 5) is 37.2. The summed E-state index contributed by atoms with van der Waals surface area (Å²) in [6.07, 6.45) is -9.75. The fraction of sp³-hybridized carbons (Fsp3) is 0.375. The van der Waals surface area contributed by atoms with E-state index in [1.165, 1.54) is 24.3 Å². The first-order valence-electron chi connectivity index (χ1n) is 10.6. The Kier molecular flexibility index (Phi) is 8.16. The van der Waals surface area contributed by atoms with Gasteiger partial charge < -0.3 is 29.5 Å². The molecule has 1 fully saturated rings. The highest BCUT2D eigenvalue weighted by molar-refractivity contribution is 5.90. The fourth-order valence-electron chi connectivity index (χ4n) is 3.53. The summed E-state index contributed by atoms with van der Waals surface area (Å²) in [5.41, 5.74) is 0.308. The van der Waals surface area contributed by atoms with Gasteiger partial charge in [-0.1, -0.05) is 43.3 Å². The number of rotatable bonds is 7. The molecule has 3 rings (SSSR count). The Morgan fingerprint density at radius 1 is 0.667 bits per heavy atom. The Bertz CT molecular complexity index is 947. The lowest BCUT2D eigenvalue weighted by Gasteiger charge is -2.43. The molecular formula is C24H26O9. The first-order chi connectivity index (χ1) is 15.8. The summed E-state index contributed by atoms with van der Waals surface area (Å²) in [5.74, 6) is -2.42. The Hall–Kier alpha value is -3.27. The van der Waals surface area contributed by atoms with Crippen molar-refractivity contribution in [2.24, 2.45) is 0 Å². The highest BCUT2D eigenvalue weighted by Crippen LogP contribution is 2.30. The largest absolute Gasteiger partial charge is 0.455 e. The van der Waals surface area contributed by atoms with E-state index in [1.807, 2.05) is 0 Å². The Morgan fingerprint density at radius 2 is 1.09 bits per heavy atom. The lowest BCUT2D eigenvalue weighted by molar-refractivity contribution is -0.233. The van der Waals surface area contributed by atoms with Gasteiger partial charge in [-0.15, -0.1) is 0 Å². The van der Waals surface area contributed by atoms with E-state index in [2.05, 4.69) is 0 Å². The van der Waals surface area contributed by atoms with Crippen LogP contribution in [-0.4, -0.2) is 69.9 Å². The number of hydrogen-bond acceptors (Lipinski definition) is 9. The normalized spacial score (nSPS) is 26.8. The van der Waals surface area contributed by atoms with Gasteiger partial charge in [-0.2, -0.15) is 0 Å². The second-order valence-corrected chi connectivity index (χ2v) is 7.65. The predicted molar refractivity (Wildman–Crippen MR) is 114 cm³/mol. The number of benzene rings is 2. The van der Waals surface area contributed by atoms with Crippen molar-refractivity contribution >= 4 is 17.9 Å². The molecule has 0 aromatic heterocycles. The second kappa shape index (κ2) is 11.0. The number of carbonyl (C=O) groups excluding carboxylic acids is 3. The molecule has 0 radical (unpaired) electrons. The van der Waals surface area contributed by atoms with Crippen molar-refractivity contribution in [3.8, 4) is 0 Å². The van der Waals surface area contributed by atoms with Crippen molar-refractivity contribution in [2.45, 2.75) is 56.4 Å². The van der Waals surface area contributed by atoms with Crippen LogP contribution < -0.4 is 0 Å². The molecule has 2 aromatic carbocycles. The van der Waals surface area contributed by atoms with E-state index >= 15 is 0 Å². The predicted octanol–water partition coefficient (Wildman–Crippen LogP) is 1.25. The minimum Gasteiger partial charge on any atom is -0.455 e. The molecule has 0 spiro atoms. The number of hydrogen-bond donors (Lipinski definition) is 3. The molecule has 1 saturated carbocycles. The summed E-state index contributed by atoms with van der Waals surface area (Å²) < 4.78 is 15.9. The zero-order chi connectivity index (χ0) is 24.0. The number of ether oxygens (including phenoxy) is 3. The van der Waals surface area contributed by atoms with Crippen molar-refractivity contribution in [1.82, 2.24) is 0 Å². The van der Waals surface area contributed by atoms with E-state index in [4.69, 9.17) is 14.2 Å². The van der Waals surface area contributed by atoms with E-state index in [9.17, 15) is 29.7 Å². The number of esters is 3. The van der Waals surface area contributed by atoms with E-state index in [0.29, 0.717) is 6.42 Å². The third-order valence-corrected chi connectivity index (χ3v) is 5.25. The average Bonchev–Trinajstić information content (AvgIpc) is 2.83. The Labute approximate surface area is 190 Å². The van der Waals surface area contributed by atoms with Gasteiger partial charge in [-0.25, -0.2) is 9.59 Å². The maximum atomic E-state index is 12.6. The van der Waals surface area contributed by atoms with Crippen molar-refractivity contribution in [2.75, 3.05) is 0 Å². The second-order valence-electron chi connectivity index (χ2n) is 7.65. The van der Waals surface area contributed by atoms with Crippen LogP contribution in [0.3, 0.4) is 0 Å². The number of carbonyl (C=O) groups is 3. The SMILES string of the molecule is CCCC(=O)O[C@@H]1[C@H](O)[C@H](O)[C@@H](OC(=O)c2ccccc2)[C@H](O)[C@H]1OC(=O)c1ccccc1. The average molecular weight is 458 g/mol. The minimum absolute atomic E-state index is 0.0151. The molecule has 0 heterocycles. The number of aliphatic hydroxyl groups is 3. The van der Waals surface area contributed by atoms with E-state index in [-0.39, 0.29) is 17.5 Å². The molecule has 0 bridgehead atoms. The zero-order valence-electron chi connectivity index (χ0n) is 17.9. The molecule has 0 saturated heterocycles. The highest BCUT2D eigenvalue weighted by Gasteiger charge is 2.55. The van der Waals surface area contributed by atoms with Crippen molar-refractivity contribution in [3.63, 3.8) is 0 Å². The first kappa shape index (κ1) is 24.4. The molecule has 0 amide bonds. The van der Waals surface area contributed by atoms with Crippen LogP contribution in [0.15, 0.2) is 60.7 Å². The zero-order valence-corrected chi connectivity index (χ0v) is 17.9. The van der Waals surface area contributed by atoms with Crippen molar-refractivity contribution in [1.29, 1.82) is 0 Å². The molecule has 0 unspecified atom stereocenters. The van der Waals surface area contributed by atoms with Crippen LogP contribution in [0, 0.1) is 0 Å². The minimum atomic E-state index is -1.81. The Morgan fingerprint density at radius 3 is 1.58 bits per heavy atom. The standard InChI is InChI=1S/C24H26O9/c1-2-9-16(25)31-21-18(27)17(26)20(32-23(29)14-10-5-3-6-11-14)19(28)22(21)33-24(30)15-12-7-4-8-13-15/h3-8,10-13,17-22,26-28H,2,9H2,1H3/t17-,18+,19-,20+,21+,22+/m0/s1. The van der Waals surface area contributed by atoms with Crippen LogP contribution in [0.25, 0.3) is 0 Å². The van der Waals surface area contributed by atoms with Crippen molar-refractivity contribution < 1.29 is 43.9 Å². The topological polar surface area (TPSA) is 140 Å². The van der Waals surface area contributed by atoms with Gasteiger partial charge in [0.25, 0.3) is 0 Å². The highest BCUT2D eigenvalue weighted by atomic mass is 16.6. The van der Waals surface area contributed by atoms with Gasteiger partial charge in [0.05, 0.1) is 11.1 Å². The summed E-state index contributed by atoms with van der Waals surface area (Å²) >= 11 is 0. The third kappa shape index (κ3) is 5.75. The lowest BCUT2D eigenvalue weighted by atomic mass is 9.84. The van der Waals surface area contributed by atoms with E-state index < -0.39 is 54.5 Å². The molecule has 2 aromatic rings. The molecule has 1 aliphatic rings. The lowest BCUT2D eigenvalue weighted by Crippen LogP contribution is -2.66. The summed E-state index contributed by atoms with van der Waals surface area (Å²) in [6, 6.07) is 15.7. The molecule has 0 aliphatic heterocycles. The van der Waals surface area contributed by atoms with Gasteiger partial charge in [0, 0.05) is 6.42 Å². The molecular weight excluding hydrogens is 432 g/mol. The molecule has 6 atom stereocenters. The maximum absolute atomic E-state index is 12.6. The quantitative estimate of drug-likeness (QED) is 0.413. The number of aliphatic hydroxyl groups excluding tert-OH is 3. The van der Waals surface area contributed by atoms with Crippen LogP contribution >= 0.6 is 0 Å². The van der Waals surface area contributed by atoms with Crippen molar-refractivity contribution in [3.05, 3.63) is 71.8 Å². The van der Waals surface area contributed by atoms with Gasteiger partial charge in [0.15, 0.2) is 18.3 Å². The Balaban J connectivity index is 1.86. The summed E-state index contributed by atoms with van der Waals surface area (Å²) in [6.45, 7) is 1.74. The molecule has 9 nitrogen and oxygen atoms in total. The van der Waals surface area contributed by atoms with Crippen LogP contribution in [0.5, 0.6) is 0 Å². The monoisotopic (exact) mass is 458 g/mol. The van der Waals surface area contributed by atoms with Crippen LogP contribution in [0.4, 0.5) is 0 Å².